The number of amides is 2. The first-order valence-electron chi connectivity index (χ1n) is 17.7. The van der Waals surface area contributed by atoms with E-state index < -0.39 is 40.4 Å². The molecule has 0 saturated carbocycles. The first-order valence-corrected chi connectivity index (χ1v) is 23.9. The molecule has 0 aliphatic heterocycles. The summed E-state index contributed by atoms with van der Waals surface area (Å²) >= 11 is 0. The summed E-state index contributed by atoms with van der Waals surface area (Å²) in [4.78, 5) is 49.2. The summed E-state index contributed by atoms with van der Waals surface area (Å²) < 4.78 is 6.77. The molecule has 2 amide bonds. The number of carboxylic acids is 2. The number of carbonyl (C=O) groups is 4. The molecule has 0 fully saturated rings. The van der Waals surface area contributed by atoms with Gasteiger partial charge in [-0.2, -0.15) is 0 Å². The zero-order valence-electron chi connectivity index (χ0n) is 31.5. The van der Waals surface area contributed by atoms with Crippen LogP contribution in [0.3, 0.4) is 0 Å². The van der Waals surface area contributed by atoms with Gasteiger partial charge < -0.3 is 35.6 Å². The third kappa shape index (κ3) is 24.3. The minimum absolute atomic E-state index is 0.108. The average Bonchev–Trinajstić information content (AvgIpc) is 2.92. The SMILES string of the molecule is [B]C(=C)NC(C)CCC(C)NC(=O)C(CCC[Si](C)(C)O[Si](C)(C)CCCC(CC(=O)O)C(=O)NC(C)CCC(C)NC([B])=C)CC(=O)O. The summed E-state index contributed by atoms with van der Waals surface area (Å²) in [7, 11) is 6.88. The summed E-state index contributed by atoms with van der Waals surface area (Å²) in [5.74, 6) is -3.74. The predicted molar refractivity (Wildman–Crippen MR) is 204 cm³/mol. The van der Waals surface area contributed by atoms with E-state index in [0.717, 1.165) is 24.9 Å². The Bertz CT molecular complexity index is 1010. The van der Waals surface area contributed by atoms with Gasteiger partial charge in [0, 0.05) is 36.0 Å². The van der Waals surface area contributed by atoms with Gasteiger partial charge >= 0.3 is 11.9 Å². The van der Waals surface area contributed by atoms with Crippen LogP contribution in [0.15, 0.2) is 24.4 Å². The van der Waals surface area contributed by atoms with Gasteiger partial charge in [-0.1, -0.05) is 26.0 Å². The lowest BCUT2D eigenvalue weighted by molar-refractivity contribution is -0.141. The molecule has 11 nitrogen and oxygen atoms in total. The number of hydrogen-bond donors (Lipinski definition) is 6. The fourth-order valence-electron chi connectivity index (χ4n) is 6.11. The Morgan fingerprint density at radius 1 is 0.592 bits per heavy atom. The van der Waals surface area contributed by atoms with Crippen molar-refractivity contribution < 1.29 is 33.5 Å². The summed E-state index contributed by atoms with van der Waals surface area (Å²) in [5.41, 5.74) is 0.792. The van der Waals surface area contributed by atoms with Crippen molar-refractivity contribution in [3.63, 3.8) is 0 Å². The standard InChI is InChI=1S/C34H64B2N4O7Si2/c1-23(37-27(5)35)15-17-25(3)39-33(45)29(21-31(41)42)13-11-19-48(7,8)47-49(9,10)20-12-14-30(22-32(43)44)34(46)40-26(4)18-16-24(2)38-28(6)36/h23-26,29-30,37-38H,5-6,11-22H2,1-4,7-10H3,(H,39,45)(H,40,46)(H,41,42)(H,43,44). The lowest BCUT2D eigenvalue weighted by Gasteiger charge is -2.34. The second-order valence-corrected chi connectivity index (χ2v) is 24.0. The highest BCUT2D eigenvalue weighted by Gasteiger charge is 2.34. The van der Waals surface area contributed by atoms with E-state index in [2.05, 4.69) is 60.6 Å². The Hall–Kier alpha value is -2.52. The number of carboxylic acid groups (broad SMARTS) is 2. The third-order valence-corrected chi connectivity index (χ3v) is 16.0. The van der Waals surface area contributed by atoms with Crippen LogP contribution in [0.5, 0.6) is 0 Å². The van der Waals surface area contributed by atoms with Gasteiger partial charge in [-0.15, -0.1) is 0 Å². The molecule has 276 valence electrons. The average molecular weight is 719 g/mol. The van der Waals surface area contributed by atoms with Crippen molar-refractivity contribution in [2.24, 2.45) is 11.8 Å². The highest BCUT2D eigenvalue weighted by molar-refractivity contribution is 6.84. The molecule has 0 aromatic heterocycles. The Morgan fingerprint density at radius 3 is 1.14 bits per heavy atom. The van der Waals surface area contributed by atoms with Crippen molar-refractivity contribution in [2.75, 3.05) is 0 Å². The van der Waals surface area contributed by atoms with Gasteiger partial charge in [-0.3, -0.25) is 19.2 Å². The number of nitrogens with one attached hydrogen (secondary N) is 4. The third-order valence-electron chi connectivity index (χ3n) is 8.51. The lowest BCUT2D eigenvalue weighted by Crippen LogP contribution is -2.44. The van der Waals surface area contributed by atoms with E-state index in [-0.39, 0.29) is 48.8 Å². The molecule has 0 aliphatic carbocycles. The normalized spacial score (nSPS) is 15.5. The highest BCUT2D eigenvalue weighted by Crippen LogP contribution is 2.28. The van der Waals surface area contributed by atoms with Gasteiger partial charge in [0.2, 0.25) is 11.8 Å². The fraction of sp³-hybridized carbons (Fsp3) is 0.765. The van der Waals surface area contributed by atoms with Crippen molar-refractivity contribution in [1.82, 2.24) is 21.3 Å². The molecule has 6 N–H and O–H groups in total. The van der Waals surface area contributed by atoms with E-state index in [9.17, 15) is 29.4 Å². The predicted octanol–water partition coefficient (Wildman–Crippen LogP) is 4.96. The molecule has 0 aromatic carbocycles. The fourth-order valence-corrected chi connectivity index (χ4v) is 15.0. The maximum atomic E-state index is 13.0. The molecule has 0 aliphatic rings. The van der Waals surface area contributed by atoms with Gasteiger partial charge in [0.25, 0.3) is 0 Å². The second-order valence-electron chi connectivity index (χ2n) is 15.1. The molecular formula is C34H64B2N4O7Si2. The largest absolute Gasteiger partial charge is 0.481 e. The van der Waals surface area contributed by atoms with Crippen molar-refractivity contribution >= 4 is 56.1 Å². The summed E-state index contributed by atoms with van der Waals surface area (Å²) in [6.45, 7) is 23.6. The van der Waals surface area contributed by atoms with Crippen LogP contribution in [-0.4, -0.2) is 90.5 Å². The summed E-state index contributed by atoms with van der Waals surface area (Å²) in [6.07, 6.45) is 4.80. The van der Waals surface area contributed by atoms with Crippen molar-refractivity contribution in [1.29, 1.82) is 0 Å². The monoisotopic (exact) mass is 718 g/mol. The van der Waals surface area contributed by atoms with Gasteiger partial charge in [-0.05, 0) is 116 Å². The Labute approximate surface area is 300 Å². The molecule has 0 bridgehead atoms. The molecule has 6 unspecified atom stereocenters. The van der Waals surface area contributed by atoms with Crippen molar-refractivity contribution in [3.8, 4) is 0 Å². The van der Waals surface area contributed by atoms with Crippen LogP contribution in [0.2, 0.25) is 38.3 Å². The zero-order chi connectivity index (χ0) is 37.9. The molecule has 4 radical (unpaired) electrons. The van der Waals surface area contributed by atoms with Crippen LogP contribution in [-0.2, 0) is 23.3 Å². The maximum absolute atomic E-state index is 13.0. The first-order chi connectivity index (χ1) is 22.5. The molecule has 0 aromatic rings. The molecule has 0 spiro atoms. The van der Waals surface area contributed by atoms with Crippen molar-refractivity contribution in [3.05, 3.63) is 24.4 Å². The molecule has 49 heavy (non-hydrogen) atoms. The lowest BCUT2D eigenvalue weighted by atomic mass is 9.97. The smallest absolute Gasteiger partial charge is 0.304 e. The minimum Gasteiger partial charge on any atom is -0.481 e. The summed E-state index contributed by atoms with van der Waals surface area (Å²) in [5, 5.41) is 31.0. The minimum atomic E-state index is -2.16. The van der Waals surface area contributed by atoms with Crippen molar-refractivity contribution in [2.45, 2.75) is 154 Å². The van der Waals surface area contributed by atoms with Crippen LogP contribution in [0.1, 0.15) is 91.9 Å². The van der Waals surface area contributed by atoms with Crippen LogP contribution < -0.4 is 21.3 Å². The molecule has 0 heterocycles. The van der Waals surface area contributed by atoms with E-state index in [1.54, 1.807) is 0 Å². The van der Waals surface area contributed by atoms with Gasteiger partial charge in [-0.25, -0.2) is 0 Å². The van der Waals surface area contributed by atoms with Crippen LogP contribution in [0, 0.1) is 11.8 Å². The quantitative estimate of drug-likeness (QED) is 0.0614. The maximum Gasteiger partial charge on any atom is 0.304 e. The highest BCUT2D eigenvalue weighted by atomic mass is 28.4. The van der Waals surface area contributed by atoms with Crippen LogP contribution in [0.25, 0.3) is 0 Å². The summed E-state index contributed by atoms with van der Waals surface area (Å²) in [6, 6.07) is 1.56. The molecule has 0 saturated heterocycles. The number of rotatable bonds is 28. The Balaban J connectivity index is 4.99. The van der Waals surface area contributed by atoms with Crippen LogP contribution >= 0.6 is 0 Å². The van der Waals surface area contributed by atoms with E-state index in [0.29, 0.717) is 49.7 Å². The Kier molecular flexibility index (Phi) is 21.9. The molecule has 6 atom stereocenters. The van der Waals surface area contributed by atoms with Gasteiger partial charge in [0.05, 0.1) is 12.8 Å². The molecular weight excluding hydrogens is 654 g/mol. The van der Waals surface area contributed by atoms with E-state index in [1.807, 2.05) is 27.7 Å². The van der Waals surface area contributed by atoms with E-state index in [1.165, 1.54) is 0 Å². The Morgan fingerprint density at radius 2 is 0.878 bits per heavy atom. The number of carbonyl (C=O) groups excluding carboxylic acids is 2. The van der Waals surface area contributed by atoms with Gasteiger partial charge in [0.15, 0.2) is 16.6 Å². The number of hydrogen-bond acceptors (Lipinski definition) is 7. The number of aliphatic carboxylic acids is 2. The molecule has 0 rings (SSSR count). The van der Waals surface area contributed by atoms with E-state index in [4.69, 9.17) is 19.8 Å². The van der Waals surface area contributed by atoms with Gasteiger partial charge in [0.1, 0.15) is 15.7 Å². The topological polar surface area (TPSA) is 166 Å². The molecule has 15 heteroatoms. The second kappa shape index (κ2) is 23.1. The first kappa shape index (κ1) is 46.5. The van der Waals surface area contributed by atoms with Crippen LogP contribution in [0.4, 0.5) is 0 Å². The van der Waals surface area contributed by atoms with E-state index >= 15 is 0 Å². The zero-order valence-corrected chi connectivity index (χ0v) is 33.5.